The van der Waals surface area contributed by atoms with Crippen LogP contribution >= 0.6 is 0 Å². The lowest BCUT2D eigenvalue weighted by molar-refractivity contribution is -0.122. The van der Waals surface area contributed by atoms with Gasteiger partial charge in [-0.2, -0.15) is 0 Å². The molecule has 1 unspecified atom stereocenters. The predicted octanol–water partition coefficient (Wildman–Crippen LogP) is 2.15. The van der Waals surface area contributed by atoms with Crippen LogP contribution in [0.2, 0.25) is 0 Å². The molecule has 1 aromatic heterocycles. The summed E-state index contributed by atoms with van der Waals surface area (Å²) >= 11 is 0. The molecule has 1 atom stereocenters. The fourth-order valence-electron chi connectivity index (χ4n) is 3.45. The van der Waals surface area contributed by atoms with Crippen LogP contribution in [-0.2, 0) is 11.3 Å². The van der Waals surface area contributed by atoms with Crippen LogP contribution in [0.4, 0.5) is 5.82 Å². The molecule has 0 aromatic carbocycles. The molecular weight excluding hydrogens is 352 g/mol. The van der Waals surface area contributed by atoms with Gasteiger partial charge in [0.25, 0.3) is 0 Å². The minimum absolute atomic E-state index is 0.111. The molecule has 1 aliphatic rings. The minimum Gasteiger partial charge on any atom is -0.369 e. The molecule has 0 aliphatic carbocycles. The first-order chi connectivity index (χ1) is 13.6. The Hall–Kier alpha value is -2.57. The number of carbonyl (C=O) groups is 1. The Balaban J connectivity index is 2.12. The summed E-state index contributed by atoms with van der Waals surface area (Å²) in [5.74, 6) is 1.45. The Morgan fingerprint density at radius 3 is 3.11 bits per heavy atom. The second-order valence-electron chi connectivity index (χ2n) is 7.20. The van der Waals surface area contributed by atoms with Crippen molar-refractivity contribution >= 4 is 17.7 Å². The second-order valence-corrected chi connectivity index (χ2v) is 7.20. The first-order valence-corrected chi connectivity index (χ1v) is 10.1. The summed E-state index contributed by atoms with van der Waals surface area (Å²) in [6.07, 6.45) is 7.58. The second kappa shape index (κ2) is 11.3. The third-order valence-corrected chi connectivity index (χ3v) is 4.99. The van der Waals surface area contributed by atoms with Crippen LogP contribution in [0, 0.1) is 5.92 Å². The number of aromatic nitrogens is 1. The summed E-state index contributed by atoms with van der Waals surface area (Å²) in [5, 5.41) is 3.36. The monoisotopic (exact) mass is 386 g/mol. The molecule has 1 aliphatic heterocycles. The largest absolute Gasteiger partial charge is 0.369 e. The Kier molecular flexibility index (Phi) is 8.78. The molecule has 0 saturated carbocycles. The van der Waals surface area contributed by atoms with Gasteiger partial charge in [-0.1, -0.05) is 12.1 Å². The minimum atomic E-state index is -0.226. The summed E-state index contributed by atoms with van der Waals surface area (Å²) in [6.45, 7) is 9.64. The molecule has 0 radical (unpaired) electrons. The maximum atomic E-state index is 11.6. The molecule has 2 heterocycles. The fraction of sp³-hybridized carbons (Fsp3) is 0.571. The standard InChI is InChI=1S/C21H34N6O/c1-4-6-7-13-26(3)21(23-5-2)25-15-17-10-8-12-24-20(17)27-14-9-11-18(16-27)19(22)28/h4,8,10,12,18H,1,5-7,9,11,13-16H2,2-3H3,(H2,22,28)(H,23,25). The van der Waals surface area contributed by atoms with E-state index >= 15 is 0 Å². The van der Waals surface area contributed by atoms with Crippen LogP contribution in [0.25, 0.3) is 0 Å². The molecule has 0 spiro atoms. The molecule has 1 saturated heterocycles. The quantitative estimate of drug-likeness (QED) is 0.294. The van der Waals surface area contributed by atoms with Gasteiger partial charge in [0.15, 0.2) is 5.96 Å². The normalized spacial score (nSPS) is 17.3. The van der Waals surface area contributed by atoms with Crippen molar-refractivity contribution in [2.45, 2.75) is 39.2 Å². The van der Waals surface area contributed by atoms with Crippen molar-refractivity contribution in [1.82, 2.24) is 15.2 Å². The van der Waals surface area contributed by atoms with E-state index in [-0.39, 0.29) is 11.8 Å². The van der Waals surface area contributed by atoms with Gasteiger partial charge < -0.3 is 20.9 Å². The highest BCUT2D eigenvalue weighted by molar-refractivity contribution is 5.80. The molecular formula is C21H34N6O. The number of primary amides is 1. The number of amides is 1. The number of guanidine groups is 1. The number of rotatable bonds is 9. The van der Waals surface area contributed by atoms with E-state index in [2.05, 4.69) is 46.7 Å². The summed E-state index contributed by atoms with van der Waals surface area (Å²) in [4.78, 5) is 25.3. The predicted molar refractivity (Wildman–Crippen MR) is 115 cm³/mol. The number of nitrogens with two attached hydrogens (primary N) is 1. The van der Waals surface area contributed by atoms with Crippen molar-refractivity contribution in [3.63, 3.8) is 0 Å². The van der Waals surface area contributed by atoms with E-state index in [4.69, 9.17) is 10.7 Å². The molecule has 2 rings (SSSR count). The van der Waals surface area contributed by atoms with Crippen LogP contribution in [-0.4, -0.2) is 55.0 Å². The van der Waals surface area contributed by atoms with E-state index in [1.807, 2.05) is 12.1 Å². The Labute approximate surface area is 168 Å². The van der Waals surface area contributed by atoms with E-state index in [1.54, 1.807) is 6.20 Å². The number of nitrogens with zero attached hydrogens (tertiary/aromatic N) is 4. The van der Waals surface area contributed by atoms with E-state index in [9.17, 15) is 4.79 Å². The number of allylic oxidation sites excluding steroid dienone is 1. The molecule has 154 valence electrons. The fourth-order valence-corrected chi connectivity index (χ4v) is 3.45. The highest BCUT2D eigenvalue weighted by Crippen LogP contribution is 2.25. The van der Waals surface area contributed by atoms with Crippen LogP contribution < -0.4 is 16.0 Å². The van der Waals surface area contributed by atoms with Gasteiger partial charge in [-0.15, -0.1) is 6.58 Å². The Bertz CT molecular complexity index is 675. The maximum absolute atomic E-state index is 11.6. The summed E-state index contributed by atoms with van der Waals surface area (Å²) < 4.78 is 0. The zero-order valence-corrected chi connectivity index (χ0v) is 17.2. The van der Waals surface area contributed by atoms with Gasteiger partial charge in [0.1, 0.15) is 5.82 Å². The van der Waals surface area contributed by atoms with Crippen LogP contribution in [0.5, 0.6) is 0 Å². The van der Waals surface area contributed by atoms with Gasteiger partial charge in [-0.3, -0.25) is 4.79 Å². The number of unbranched alkanes of at least 4 members (excludes halogenated alkanes) is 1. The number of anilines is 1. The van der Waals surface area contributed by atoms with Crippen molar-refractivity contribution in [3.05, 3.63) is 36.5 Å². The Morgan fingerprint density at radius 1 is 1.57 bits per heavy atom. The van der Waals surface area contributed by atoms with E-state index in [0.29, 0.717) is 13.1 Å². The van der Waals surface area contributed by atoms with Crippen molar-refractivity contribution in [2.24, 2.45) is 16.6 Å². The van der Waals surface area contributed by atoms with Crippen molar-refractivity contribution < 1.29 is 4.79 Å². The number of pyridine rings is 1. The van der Waals surface area contributed by atoms with Crippen LogP contribution in [0.3, 0.4) is 0 Å². The third-order valence-electron chi connectivity index (χ3n) is 4.99. The van der Waals surface area contributed by atoms with E-state index in [0.717, 1.165) is 62.7 Å². The van der Waals surface area contributed by atoms with Crippen LogP contribution in [0.15, 0.2) is 36.0 Å². The summed E-state index contributed by atoms with van der Waals surface area (Å²) in [5.41, 5.74) is 6.59. The average Bonchev–Trinajstić information content (AvgIpc) is 2.71. The number of nitrogens with one attached hydrogen (secondary N) is 1. The SMILES string of the molecule is C=CCCCN(C)C(=NCc1cccnc1N1CCCC(C(N)=O)C1)NCC. The number of aliphatic imine (C=N–C) groups is 1. The zero-order valence-electron chi connectivity index (χ0n) is 17.2. The zero-order chi connectivity index (χ0) is 20.4. The number of piperidine rings is 1. The Morgan fingerprint density at radius 2 is 2.39 bits per heavy atom. The van der Waals surface area contributed by atoms with Gasteiger partial charge in [-0.25, -0.2) is 9.98 Å². The average molecular weight is 387 g/mol. The first kappa shape index (κ1) is 21.7. The van der Waals surface area contributed by atoms with Gasteiger partial charge in [-0.05, 0) is 38.7 Å². The van der Waals surface area contributed by atoms with Crippen molar-refractivity contribution in [1.29, 1.82) is 0 Å². The van der Waals surface area contributed by atoms with E-state index in [1.165, 1.54) is 0 Å². The van der Waals surface area contributed by atoms with Gasteiger partial charge in [0, 0.05) is 45.0 Å². The molecule has 28 heavy (non-hydrogen) atoms. The molecule has 1 fully saturated rings. The van der Waals surface area contributed by atoms with Crippen molar-refractivity contribution in [2.75, 3.05) is 38.1 Å². The molecule has 1 amide bonds. The van der Waals surface area contributed by atoms with Gasteiger partial charge in [0.2, 0.25) is 5.91 Å². The molecule has 7 nitrogen and oxygen atoms in total. The highest BCUT2D eigenvalue weighted by atomic mass is 16.1. The van der Waals surface area contributed by atoms with Crippen LogP contribution in [0.1, 0.15) is 38.2 Å². The van der Waals surface area contributed by atoms with Gasteiger partial charge in [0.05, 0.1) is 12.5 Å². The maximum Gasteiger partial charge on any atom is 0.222 e. The number of hydrogen-bond acceptors (Lipinski definition) is 4. The number of carbonyl (C=O) groups excluding carboxylic acids is 1. The lowest BCUT2D eigenvalue weighted by Crippen LogP contribution is -2.42. The third kappa shape index (κ3) is 6.25. The highest BCUT2D eigenvalue weighted by Gasteiger charge is 2.25. The van der Waals surface area contributed by atoms with Gasteiger partial charge >= 0.3 is 0 Å². The molecule has 1 aromatic rings. The molecule has 3 N–H and O–H groups in total. The summed E-state index contributed by atoms with van der Waals surface area (Å²) in [7, 11) is 2.05. The van der Waals surface area contributed by atoms with Crippen molar-refractivity contribution in [3.8, 4) is 0 Å². The first-order valence-electron chi connectivity index (χ1n) is 10.1. The number of hydrogen-bond donors (Lipinski definition) is 2. The molecule has 0 bridgehead atoms. The van der Waals surface area contributed by atoms with E-state index < -0.39 is 0 Å². The lowest BCUT2D eigenvalue weighted by atomic mass is 9.97. The smallest absolute Gasteiger partial charge is 0.222 e. The topological polar surface area (TPSA) is 86.8 Å². The molecule has 7 heteroatoms. The summed E-state index contributed by atoms with van der Waals surface area (Å²) in [6, 6.07) is 3.99. The lowest BCUT2D eigenvalue weighted by Gasteiger charge is -2.33.